The Balaban J connectivity index is 1.98. The number of aliphatic hydroxyl groups is 1. The van der Waals surface area contributed by atoms with E-state index < -0.39 is 12.0 Å². The van der Waals surface area contributed by atoms with E-state index in [0.29, 0.717) is 30.6 Å². The highest BCUT2D eigenvalue weighted by Gasteiger charge is 2.16. The van der Waals surface area contributed by atoms with Crippen molar-refractivity contribution in [2.75, 3.05) is 13.6 Å². The van der Waals surface area contributed by atoms with Gasteiger partial charge in [0.2, 0.25) is 6.41 Å². The molecule has 160 valence electrons. The largest absolute Gasteiger partial charge is 0.380 e. The van der Waals surface area contributed by atoms with Gasteiger partial charge in [-0.15, -0.1) is 0 Å². The monoisotopic (exact) mass is 419 g/mol. The van der Waals surface area contributed by atoms with Crippen LogP contribution in [-0.2, 0) is 4.79 Å². The number of rotatable bonds is 7. The highest BCUT2D eigenvalue weighted by Crippen LogP contribution is 2.29. The van der Waals surface area contributed by atoms with Gasteiger partial charge in [0.05, 0.1) is 17.4 Å². The molecule has 8 nitrogen and oxygen atoms in total. The van der Waals surface area contributed by atoms with Crippen LogP contribution in [0.5, 0.6) is 0 Å². The van der Waals surface area contributed by atoms with Gasteiger partial charge < -0.3 is 15.7 Å². The Morgan fingerprint density at radius 3 is 2.81 bits per heavy atom. The normalized spacial score (nSPS) is 11.8. The molecule has 1 atom stereocenters. The van der Waals surface area contributed by atoms with Gasteiger partial charge in [-0.1, -0.05) is 24.0 Å². The third-order valence-corrected chi connectivity index (χ3v) is 4.79. The van der Waals surface area contributed by atoms with E-state index >= 15 is 0 Å². The summed E-state index contributed by atoms with van der Waals surface area (Å²) >= 11 is 0. The van der Waals surface area contributed by atoms with Crippen molar-refractivity contribution in [1.29, 1.82) is 0 Å². The van der Waals surface area contributed by atoms with Crippen molar-refractivity contribution >= 4 is 23.2 Å². The molecule has 0 radical (unpaired) electrons. The smallest absolute Gasteiger partial charge is 0.267 e. The number of aromatic nitrogens is 3. The molecule has 0 saturated carbocycles. The summed E-state index contributed by atoms with van der Waals surface area (Å²) in [5.74, 6) is 5.14. The summed E-state index contributed by atoms with van der Waals surface area (Å²) in [6.07, 6.45) is 1.95. The number of carbonyl (C=O) groups is 2. The number of carbonyl (C=O) groups excluding carboxylic acids is 2. The lowest BCUT2D eigenvalue weighted by Crippen LogP contribution is -2.21. The minimum absolute atomic E-state index is 0.102. The van der Waals surface area contributed by atoms with Gasteiger partial charge in [0.25, 0.3) is 5.91 Å². The van der Waals surface area contributed by atoms with Gasteiger partial charge in [-0.25, -0.2) is 4.98 Å². The van der Waals surface area contributed by atoms with Crippen molar-refractivity contribution in [2.45, 2.75) is 32.4 Å². The maximum Gasteiger partial charge on any atom is 0.267 e. The molecule has 31 heavy (non-hydrogen) atoms. The molecule has 2 heterocycles. The molecular formula is C23H25N5O3. The number of nitrogens with zero attached hydrogens (tertiary/aromatic N) is 4. The molecule has 2 aromatic heterocycles. The van der Waals surface area contributed by atoms with E-state index in [1.807, 2.05) is 42.8 Å². The number of hydrogen-bond acceptors (Lipinski definition) is 5. The number of aliphatic hydroxyl groups excluding tert-OH is 1. The van der Waals surface area contributed by atoms with Crippen LogP contribution in [0, 0.1) is 11.8 Å². The van der Waals surface area contributed by atoms with Crippen molar-refractivity contribution in [3.05, 3.63) is 47.8 Å². The van der Waals surface area contributed by atoms with Crippen molar-refractivity contribution in [3.8, 4) is 23.1 Å². The van der Waals surface area contributed by atoms with Crippen LogP contribution < -0.4 is 5.73 Å². The Morgan fingerprint density at radius 2 is 2.13 bits per heavy atom. The number of fused-ring (bicyclic) bond motifs is 1. The summed E-state index contributed by atoms with van der Waals surface area (Å²) < 4.78 is 1.82. The average molecular weight is 419 g/mol. The molecule has 0 unspecified atom stereocenters. The summed E-state index contributed by atoms with van der Waals surface area (Å²) in [5.41, 5.74) is 8.50. The maximum atomic E-state index is 11.9. The van der Waals surface area contributed by atoms with Crippen molar-refractivity contribution in [2.24, 2.45) is 5.73 Å². The number of pyridine rings is 1. The van der Waals surface area contributed by atoms with E-state index in [2.05, 4.69) is 21.9 Å². The molecule has 8 heteroatoms. The first-order chi connectivity index (χ1) is 14.8. The van der Waals surface area contributed by atoms with Crippen LogP contribution in [0.15, 0.2) is 36.5 Å². The molecule has 0 aliphatic carbocycles. The molecule has 3 rings (SSSR count). The van der Waals surface area contributed by atoms with E-state index in [4.69, 9.17) is 5.73 Å². The van der Waals surface area contributed by atoms with Crippen LogP contribution in [0.3, 0.4) is 0 Å². The summed E-state index contributed by atoms with van der Waals surface area (Å²) in [7, 11) is 1.64. The average Bonchev–Trinajstić information content (AvgIpc) is 3.19. The highest BCUT2D eigenvalue weighted by atomic mass is 16.3. The first-order valence-corrected chi connectivity index (χ1v) is 9.93. The van der Waals surface area contributed by atoms with Crippen LogP contribution in [0.1, 0.15) is 42.4 Å². The van der Waals surface area contributed by atoms with Crippen molar-refractivity contribution in [3.63, 3.8) is 0 Å². The third kappa shape index (κ3) is 5.08. The maximum absolute atomic E-state index is 11.9. The Morgan fingerprint density at radius 1 is 1.35 bits per heavy atom. The van der Waals surface area contributed by atoms with Gasteiger partial charge in [-0.3, -0.25) is 14.3 Å². The molecule has 0 spiro atoms. The van der Waals surface area contributed by atoms with Gasteiger partial charge in [0.15, 0.2) is 0 Å². The van der Waals surface area contributed by atoms with Gasteiger partial charge in [-0.05, 0) is 32.0 Å². The molecular weight excluding hydrogens is 394 g/mol. The minimum atomic E-state index is -0.849. The second kappa shape index (κ2) is 9.41. The van der Waals surface area contributed by atoms with Gasteiger partial charge in [0, 0.05) is 42.6 Å². The molecule has 2 amide bonds. The van der Waals surface area contributed by atoms with Crippen molar-refractivity contribution in [1.82, 2.24) is 19.7 Å². The predicted octanol–water partition coefficient (Wildman–Crippen LogP) is 1.97. The number of amides is 2. The summed E-state index contributed by atoms with van der Waals surface area (Å²) in [6, 6.07) is 9.14. The van der Waals surface area contributed by atoms with Crippen LogP contribution >= 0.6 is 0 Å². The van der Waals surface area contributed by atoms with Gasteiger partial charge in [-0.2, -0.15) is 5.10 Å². The fourth-order valence-electron chi connectivity index (χ4n) is 3.16. The topological polar surface area (TPSA) is 114 Å². The summed E-state index contributed by atoms with van der Waals surface area (Å²) in [4.78, 5) is 28.4. The minimum Gasteiger partial charge on any atom is -0.380 e. The second-order valence-electron chi connectivity index (χ2n) is 7.58. The van der Waals surface area contributed by atoms with Crippen LogP contribution in [0.4, 0.5) is 0 Å². The molecule has 0 bridgehead atoms. The number of benzene rings is 1. The molecule has 3 aromatic rings. The first kappa shape index (κ1) is 22.0. The Kier molecular flexibility index (Phi) is 6.68. The van der Waals surface area contributed by atoms with E-state index in [9.17, 15) is 14.7 Å². The standard InChI is InChI=1S/C23H25N5O3/c1-15(2)28-21-12-20(23(24)31)26-22(19(21)13-25-28)17-6-4-5-16(11-17)7-8-18(30)9-10-27(3)14-29/h4-6,11-15,18,30H,9-10H2,1-3H3,(H2,24,31)/t18-/m0/s1. The SMILES string of the molecule is CC(C)n1ncc2c(-c3cccc(C#C[C@H](O)CCN(C)C=O)c3)nc(C(N)=O)cc21. The van der Waals surface area contributed by atoms with Gasteiger partial charge >= 0.3 is 0 Å². The number of primary amides is 1. The Bertz CT molecular complexity index is 1170. The van der Waals surface area contributed by atoms with E-state index in [0.717, 1.165) is 16.5 Å². The fourth-order valence-corrected chi connectivity index (χ4v) is 3.16. The zero-order chi connectivity index (χ0) is 22.5. The van der Waals surface area contributed by atoms with Crippen molar-refractivity contribution < 1.29 is 14.7 Å². The first-order valence-electron chi connectivity index (χ1n) is 9.93. The highest BCUT2D eigenvalue weighted by molar-refractivity contribution is 5.99. The molecule has 3 N–H and O–H groups in total. The number of nitrogens with two attached hydrogens (primary N) is 1. The quantitative estimate of drug-likeness (QED) is 0.449. The third-order valence-electron chi connectivity index (χ3n) is 4.79. The lowest BCUT2D eigenvalue weighted by molar-refractivity contribution is -0.117. The van der Waals surface area contributed by atoms with E-state index in [1.165, 1.54) is 4.90 Å². The van der Waals surface area contributed by atoms with Crippen LogP contribution in [-0.4, -0.2) is 56.8 Å². The van der Waals surface area contributed by atoms with E-state index in [-0.39, 0.29) is 11.7 Å². The number of hydrogen-bond donors (Lipinski definition) is 2. The Labute approximate surface area is 180 Å². The fraction of sp³-hybridized carbons (Fsp3) is 0.304. The molecule has 0 fully saturated rings. The summed E-state index contributed by atoms with van der Waals surface area (Å²) in [5, 5.41) is 15.3. The zero-order valence-corrected chi connectivity index (χ0v) is 17.7. The van der Waals surface area contributed by atoms with Crippen LogP contribution in [0.25, 0.3) is 22.2 Å². The predicted molar refractivity (Wildman–Crippen MR) is 118 cm³/mol. The lowest BCUT2D eigenvalue weighted by Gasteiger charge is -2.11. The summed E-state index contributed by atoms with van der Waals surface area (Å²) in [6.45, 7) is 4.43. The molecule has 0 aliphatic heterocycles. The molecule has 0 aliphatic rings. The van der Waals surface area contributed by atoms with Gasteiger partial charge in [0.1, 0.15) is 11.8 Å². The van der Waals surface area contributed by atoms with Crippen LogP contribution in [0.2, 0.25) is 0 Å². The molecule has 0 saturated heterocycles. The Hall–Kier alpha value is -3.70. The zero-order valence-electron chi connectivity index (χ0n) is 17.7. The molecule has 1 aromatic carbocycles. The lowest BCUT2D eigenvalue weighted by atomic mass is 10.0. The van der Waals surface area contributed by atoms with E-state index in [1.54, 1.807) is 19.3 Å². The second-order valence-corrected chi connectivity index (χ2v) is 7.58.